The molecule has 2 heterocycles. The monoisotopic (exact) mass is 335 g/mol. The predicted octanol–water partition coefficient (Wildman–Crippen LogP) is 3.24. The molecule has 0 aliphatic carbocycles. The molecule has 1 fully saturated rings. The lowest BCUT2D eigenvalue weighted by Gasteiger charge is -2.17. The standard InChI is InChI=1S/C13H16F3N3O2S/c1-8-10(9(2)20)22-11(17-8)19-7-6-18(12(19)21)5-3-4-13(14,15)16/h3-7H2,1-2H3. The van der Waals surface area contributed by atoms with Crippen molar-refractivity contribution in [3.8, 4) is 0 Å². The maximum Gasteiger partial charge on any atom is 0.389 e. The SMILES string of the molecule is CC(=O)c1sc(N2CCN(CCCC(F)(F)F)C2=O)nc1C. The number of aryl methyl sites for hydroxylation is 1. The van der Waals surface area contributed by atoms with Gasteiger partial charge < -0.3 is 4.90 Å². The Morgan fingerprint density at radius 2 is 2.05 bits per heavy atom. The van der Waals surface area contributed by atoms with Gasteiger partial charge in [0, 0.05) is 33.0 Å². The number of carbonyl (C=O) groups excluding carboxylic acids is 2. The molecule has 0 N–H and O–H groups in total. The van der Waals surface area contributed by atoms with Crippen LogP contribution in [0.2, 0.25) is 0 Å². The van der Waals surface area contributed by atoms with E-state index in [1.165, 1.54) is 16.7 Å². The second kappa shape index (κ2) is 6.23. The first-order chi connectivity index (χ1) is 10.2. The van der Waals surface area contributed by atoms with E-state index in [2.05, 4.69) is 4.98 Å². The number of rotatable bonds is 5. The van der Waals surface area contributed by atoms with E-state index in [1.54, 1.807) is 6.92 Å². The first kappa shape index (κ1) is 16.7. The van der Waals surface area contributed by atoms with Crippen molar-refractivity contribution in [1.29, 1.82) is 0 Å². The molecule has 0 unspecified atom stereocenters. The second-order valence-electron chi connectivity index (χ2n) is 5.11. The van der Waals surface area contributed by atoms with Gasteiger partial charge in [0.25, 0.3) is 0 Å². The molecule has 1 aliphatic rings. The van der Waals surface area contributed by atoms with E-state index >= 15 is 0 Å². The lowest BCUT2D eigenvalue weighted by Crippen LogP contribution is -2.32. The number of nitrogens with zero attached hydrogens (tertiary/aromatic N) is 3. The summed E-state index contributed by atoms with van der Waals surface area (Å²) in [6.07, 6.45) is -5.22. The Kier molecular flexibility index (Phi) is 4.74. The fraction of sp³-hybridized carbons (Fsp3) is 0.615. The highest BCUT2D eigenvalue weighted by atomic mass is 32.1. The third-order valence-corrected chi connectivity index (χ3v) is 4.60. The Labute approximate surface area is 129 Å². The van der Waals surface area contributed by atoms with Gasteiger partial charge in [0.1, 0.15) is 0 Å². The van der Waals surface area contributed by atoms with Gasteiger partial charge in [0.2, 0.25) is 0 Å². The number of aromatic nitrogens is 1. The summed E-state index contributed by atoms with van der Waals surface area (Å²) < 4.78 is 36.4. The minimum atomic E-state index is -4.20. The van der Waals surface area contributed by atoms with Gasteiger partial charge >= 0.3 is 12.2 Å². The minimum Gasteiger partial charge on any atom is -0.322 e. The summed E-state index contributed by atoms with van der Waals surface area (Å²) in [4.78, 5) is 31.1. The maximum atomic E-state index is 12.2. The summed E-state index contributed by atoms with van der Waals surface area (Å²) in [5, 5.41) is 0.422. The highest BCUT2D eigenvalue weighted by Gasteiger charge is 2.33. The number of alkyl halides is 3. The van der Waals surface area contributed by atoms with Crippen molar-refractivity contribution < 1.29 is 22.8 Å². The molecule has 2 amide bonds. The van der Waals surface area contributed by atoms with E-state index in [9.17, 15) is 22.8 Å². The molecule has 0 spiro atoms. The molecule has 1 saturated heterocycles. The van der Waals surface area contributed by atoms with E-state index in [4.69, 9.17) is 0 Å². The van der Waals surface area contributed by atoms with Crippen molar-refractivity contribution in [2.45, 2.75) is 32.9 Å². The normalized spacial score (nSPS) is 15.8. The van der Waals surface area contributed by atoms with Crippen LogP contribution in [0.25, 0.3) is 0 Å². The van der Waals surface area contributed by atoms with E-state index in [1.807, 2.05) is 0 Å². The van der Waals surface area contributed by atoms with Gasteiger partial charge in [0.15, 0.2) is 10.9 Å². The number of amides is 2. The fourth-order valence-electron chi connectivity index (χ4n) is 2.26. The van der Waals surface area contributed by atoms with Crippen LogP contribution in [0.4, 0.5) is 23.1 Å². The first-order valence-corrected chi connectivity index (χ1v) is 7.62. The van der Waals surface area contributed by atoms with E-state index in [-0.39, 0.29) is 24.8 Å². The summed E-state index contributed by atoms with van der Waals surface area (Å²) in [5.74, 6) is -0.116. The summed E-state index contributed by atoms with van der Waals surface area (Å²) in [6, 6.07) is -0.356. The molecule has 5 nitrogen and oxygen atoms in total. The van der Waals surface area contributed by atoms with Crippen LogP contribution < -0.4 is 4.90 Å². The molecule has 1 aliphatic heterocycles. The molecule has 0 aromatic carbocycles. The lowest BCUT2D eigenvalue weighted by molar-refractivity contribution is -0.135. The van der Waals surface area contributed by atoms with Crippen LogP contribution in [0.5, 0.6) is 0 Å². The van der Waals surface area contributed by atoms with Crippen LogP contribution in [-0.4, -0.2) is 47.5 Å². The number of hydrogen-bond donors (Lipinski definition) is 0. The molecule has 122 valence electrons. The molecule has 0 saturated carbocycles. The first-order valence-electron chi connectivity index (χ1n) is 6.80. The van der Waals surface area contributed by atoms with Crippen molar-refractivity contribution in [2.24, 2.45) is 0 Å². The molecule has 2 rings (SSSR count). The molecule has 0 radical (unpaired) electrons. The topological polar surface area (TPSA) is 53.5 Å². The summed E-state index contributed by atoms with van der Waals surface area (Å²) >= 11 is 1.14. The number of Topliss-reactive ketones (excluding diaryl/α,β-unsaturated/α-hetero) is 1. The van der Waals surface area contributed by atoms with Gasteiger partial charge in [-0.25, -0.2) is 9.78 Å². The largest absolute Gasteiger partial charge is 0.389 e. The highest BCUT2D eigenvalue weighted by Crippen LogP contribution is 2.29. The smallest absolute Gasteiger partial charge is 0.322 e. The molecule has 22 heavy (non-hydrogen) atoms. The molecule has 0 atom stereocenters. The van der Waals surface area contributed by atoms with E-state index in [0.717, 1.165) is 11.3 Å². The average molecular weight is 335 g/mol. The number of halogens is 3. The van der Waals surface area contributed by atoms with Crippen LogP contribution in [0.1, 0.15) is 35.1 Å². The van der Waals surface area contributed by atoms with Crippen molar-refractivity contribution in [2.75, 3.05) is 24.5 Å². The molecule has 1 aromatic heterocycles. The van der Waals surface area contributed by atoms with Gasteiger partial charge in [-0.1, -0.05) is 11.3 Å². The number of thiazole rings is 1. The van der Waals surface area contributed by atoms with Crippen molar-refractivity contribution >= 4 is 28.3 Å². The third-order valence-electron chi connectivity index (χ3n) is 3.32. The number of hydrogen-bond acceptors (Lipinski definition) is 4. The highest BCUT2D eigenvalue weighted by molar-refractivity contribution is 7.17. The van der Waals surface area contributed by atoms with Crippen LogP contribution >= 0.6 is 11.3 Å². The van der Waals surface area contributed by atoms with Gasteiger partial charge in [-0.3, -0.25) is 9.69 Å². The molecular weight excluding hydrogens is 319 g/mol. The number of carbonyl (C=O) groups is 2. The Morgan fingerprint density at radius 1 is 1.36 bits per heavy atom. The Morgan fingerprint density at radius 3 is 2.59 bits per heavy atom. The number of anilines is 1. The van der Waals surface area contributed by atoms with Gasteiger partial charge in [-0.15, -0.1) is 0 Å². The van der Waals surface area contributed by atoms with Crippen molar-refractivity contribution in [1.82, 2.24) is 9.88 Å². The molecule has 9 heteroatoms. The second-order valence-corrected chi connectivity index (χ2v) is 6.08. The zero-order valence-electron chi connectivity index (χ0n) is 12.2. The minimum absolute atomic E-state index is 0.0682. The Hall–Kier alpha value is -1.64. The number of urea groups is 1. The summed E-state index contributed by atoms with van der Waals surface area (Å²) in [5.41, 5.74) is 0.566. The fourth-order valence-corrected chi connectivity index (χ4v) is 3.24. The van der Waals surface area contributed by atoms with Crippen molar-refractivity contribution in [3.63, 3.8) is 0 Å². The Bertz CT molecular complexity index is 586. The van der Waals surface area contributed by atoms with Crippen LogP contribution in [0.15, 0.2) is 0 Å². The average Bonchev–Trinajstić information content (AvgIpc) is 2.92. The molecular formula is C13H16F3N3O2S. The van der Waals surface area contributed by atoms with Crippen LogP contribution in [-0.2, 0) is 0 Å². The molecule has 1 aromatic rings. The summed E-state index contributed by atoms with van der Waals surface area (Å²) in [7, 11) is 0. The predicted molar refractivity (Wildman–Crippen MR) is 76.5 cm³/mol. The quantitative estimate of drug-likeness (QED) is 0.776. The maximum absolute atomic E-state index is 12.2. The zero-order valence-corrected chi connectivity index (χ0v) is 13.1. The lowest BCUT2D eigenvalue weighted by atomic mass is 10.3. The van der Waals surface area contributed by atoms with Crippen molar-refractivity contribution in [3.05, 3.63) is 10.6 Å². The van der Waals surface area contributed by atoms with Crippen LogP contribution in [0.3, 0.4) is 0 Å². The Balaban J connectivity index is 1.99. The number of ketones is 1. The van der Waals surface area contributed by atoms with E-state index < -0.39 is 12.6 Å². The van der Waals surface area contributed by atoms with Gasteiger partial charge in [-0.2, -0.15) is 13.2 Å². The third kappa shape index (κ3) is 3.76. The molecule has 0 bridgehead atoms. The van der Waals surface area contributed by atoms with E-state index in [0.29, 0.717) is 28.8 Å². The zero-order chi connectivity index (χ0) is 16.5. The van der Waals surface area contributed by atoms with Crippen LogP contribution in [0, 0.1) is 6.92 Å². The van der Waals surface area contributed by atoms with Gasteiger partial charge in [-0.05, 0) is 13.3 Å². The van der Waals surface area contributed by atoms with Gasteiger partial charge in [0.05, 0.1) is 10.6 Å². The summed E-state index contributed by atoms with van der Waals surface area (Å²) in [6.45, 7) is 3.93.